The van der Waals surface area contributed by atoms with Crippen molar-refractivity contribution in [1.82, 2.24) is 14.8 Å². The van der Waals surface area contributed by atoms with Crippen LogP contribution in [0.2, 0.25) is 0 Å². The molecule has 2 aromatic rings. The molecule has 2 heterocycles. The zero-order valence-electron chi connectivity index (χ0n) is 9.75. The highest BCUT2D eigenvalue weighted by Gasteiger charge is 2.14. The molecule has 88 valence electrons. The highest BCUT2D eigenvalue weighted by molar-refractivity contribution is 5.88. The molecule has 2 rings (SSSR count). The SMILES string of the molecule is CCOC(=O)c1cc(-c2cccnc2)n(C)n1. The zero-order chi connectivity index (χ0) is 12.3. The predicted molar refractivity (Wildman–Crippen MR) is 62.4 cm³/mol. The lowest BCUT2D eigenvalue weighted by atomic mass is 10.2. The number of carbonyl (C=O) groups is 1. The summed E-state index contributed by atoms with van der Waals surface area (Å²) in [4.78, 5) is 15.6. The van der Waals surface area contributed by atoms with E-state index in [-0.39, 0.29) is 0 Å². The van der Waals surface area contributed by atoms with Crippen LogP contribution in [0.25, 0.3) is 11.3 Å². The number of nitrogens with zero attached hydrogens (tertiary/aromatic N) is 3. The number of rotatable bonds is 3. The minimum atomic E-state index is -0.404. The normalized spacial score (nSPS) is 10.2. The minimum Gasteiger partial charge on any atom is -0.461 e. The molecule has 0 saturated carbocycles. The second-order valence-corrected chi connectivity index (χ2v) is 3.50. The van der Waals surface area contributed by atoms with Crippen molar-refractivity contribution in [3.63, 3.8) is 0 Å². The monoisotopic (exact) mass is 231 g/mol. The van der Waals surface area contributed by atoms with Crippen molar-refractivity contribution in [2.75, 3.05) is 6.61 Å². The van der Waals surface area contributed by atoms with Gasteiger partial charge in [0.1, 0.15) is 0 Å². The molecule has 0 radical (unpaired) electrons. The topological polar surface area (TPSA) is 57.0 Å². The Morgan fingerprint density at radius 1 is 1.53 bits per heavy atom. The van der Waals surface area contributed by atoms with E-state index in [1.54, 1.807) is 37.1 Å². The van der Waals surface area contributed by atoms with Gasteiger partial charge < -0.3 is 4.74 Å². The van der Waals surface area contributed by atoms with Gasteiger partial charge in [-0.2, -0.15) is 5.10 Å². The Labute approximate surface area is 99.1 Å². The maximum atomic E-state index is 11.5. The van der Waals surface area contributed by atoms with Crippen molar-refractivity contribution in [3.8, 4) is 11.3 Å². The van der Waals surface area contributed by atoms with Crippen molar-refractivity contribution in [1.29, 1.82) is 0 Å². The maximum Gasteiger partial charge on any atom is 0.358 e. The van der Waals surface area contributed by atoms with Crippen LogP contribution in [0.5, 0.6) is 0 Å². The molecule has 0 bridgehead atoms. The van der Waals surface area contributed by atoms with Gasteiger partial charge >= 0.3 is 5.97 Å². The van der Waals surface area contributed by atoms with E-state index in [2.05, 4.69) is 10.1 Å². The van der Waals surface area contributed by atoms with Gasteiger partial charge in [-0.15, -0.1) is 0 Å². The molecule has 0 atom stereocenters. The van der Waals surface area contributed by atoms with Gasteiger partial charge in [0.15, 0.2) is 5.69 Å². The number of ether oxygens (including phenoxy) is 1. The van der Waals surface area contributed by atoms with Crippen LogP contribution >= 0.6 is 0 Å². The Bertz CT molecular complexity index is 520. The van der Waals surface area contributed by atoms with Crippen molar-refractivity contribution in [2.45, 2.75) is 6.92 Å². The van der Waals surface area contributed by atoms with Crippen molar-refractivity contribution in [2.24, 2.45) is 7.05 Å². The lowest BCUT2D eigenvalue weighted by Crippen LogP contribution is -2.05. The molecule has 0 fully saturated rings. The summed E-state index contributed by atoms with van der Waals surface area (Å²) in [6, 6.07) is 5.46. The quantitative estimate of drug-likeness (QED) is 0.754. The number of carbonyl (C=O) groups excluding carboxylic acids is 1. The Morgan fingerprint density at radius 2 is 2.35 bits per heavy atom. The molecular weight excluding hydrogens is 218 g/mol. The second-order valence-electron chi connectivity index (χ2n) is 3.50. The van der Waals surface area contributed by atoms with E-state index in [0.29, 0.717) is 12.3 Å². The molecule has 0 aromatic carbocycles. The third-order valence-corrected chi connectivity index (χ3v) is 2.32. The lowest BCUT2D eigenvalue weighted by Gasteiger charge is -1.99. The molecular formula is C12H13N3O2. The number of pyridine rings is 1. The summed E-state index contributed by atoms with van der Waals surface area (Å²) in [5.41, 5.74) is 2.06. The van der Waals surface area contributed by atoms with Crippen molar-refractivity contribution in [3.05, 3.63) is 36.3 Å². The van der Waals surface area contributed by atoms with Gasteiger partial charge in [0.05, 0.1) is 12.3 Å². The van der Waals surface area contributed by atoms with Crippen molar-refractivity contribution < 1.29 is 9.53 Å². The van der Waals surface area contributed by atoms with Gasteiger partial charge in [-0.05, 0) is 25.1 Å². The fraction of sp³-hybridized carbons (Fsp3) is 0.250. The standard InChI is InChI=1S/C12H13N3O2/c1-3-17-12(16)10-7-11(15(2)14-10)9-5-4-6-13-8-9/h4-8H,3H2,1-2H3. The van der Waals surface area contributed by atoms with Crippen LogP contribution in [-0.2, 0) is 11.8 Å². The van der Waals surface area contributed by atoms with E-state index in [0.717, 1.165) is 11.3 Å². The number of esters is 1. The highest BCUT2D eigenvalue weighted by Crippen LogP contribution is 2.18. The van der Waals surface area contributed by atoms with E-state index in [4.69, 9.17) is 4.74 Å². The summed E-state index contributed by atoms with van der Waals surface area (Å²) < 4.78 is 6.54. The Morgan fingerprint density at radius 3 is 3.00 bits per heavy atom. The van der Waals surface area contributed by atoms with E-state index >= 15 is 0 Å². The first-order valence-corrected chi connectivity index (χ1v) is 5.34. The maximum absolute atomic E-state index is 11.5. The first-order valence-electron chi connectivity index (χ1n) is 5.34. The van der Waals surface area contributed by atoms with E-state index < -0.39 is 5.97 Å². The van der Waals surface area contributed by atoms with Crippen LogP contribution in [-0.4, -0.2) is 27.3 Å². The molecule has 0 amide bonds. The number of aromatic nitrogens is 3. The summed E-state index contributed by atoms with van der Waals surface area (Å²) >= 11 is 0. The molecule has 0 unspecified atom stereocenters. The van der Waals surface area contributed by atoms with E-state index in [1.807, 2.05) is 12.1 Å². The smallest absolute Gasteiger partial charge is 0.358 e. The summed E-state index contributed by atoms with van der Waals surface area (Å²) in [5, 5.41) is 4.12. The first-order chi connectivity index (χ1) is 8.22. The Kier molecular flexibility index (Phi) is 3.18. The van der Waals surface area contributed by atoms with Gasteiger partial charge in [0, 0.05) is 25.0 Å². The fourth-order valence-corrected chi connectivity index (χ4v) is 1.56. The second kappa shape index (κ2) is 4.78. The van der Waals surface area contributed by atoms with Crippen LogP contribution in [0.3, 0.4) is 0 Å². The van der Waals surface area contributed by atoms with Gasteiger partial charge in [-0.3, -0.25) is 9.67 Å². The van der Waals surface area contributed by atoms with Crippen molar-refractivity contribution >= 4 is 5.97 Å². The third-order valence-electron chi connectivity index (χ3n) is 2.32. The zero-order valence-corrected chi connectivity index (χ0v) is 9.75. The molecule has 0 aliphatic heterocycles. The summed E-state index contributed by atoms with van der Waals surface area (Å²) in [6.07, 6.45) is 3.43. The highest BCUT2D eigenvalue weighted by atomic mass is 16.5. The van der Waals surface area contributed by atoms with Crippen LogP contribution in [0.4, 0.5) is 0 Å². The van der Waals surface area contributed by atoms with Crippen LogP contribution < -0.4 is 0 Å². The summed E-state index contributed by atoms with van der Waals surface area (Å²) in [5.74, 6) is -0.404. The Hall–Kier alpha value is -2.17. The molecule has 2 aromatic heterocycles. The minimum absolute atomic E-state index is 0.313. The molecule has 0 aliphatic rings. The third kappa shape index (κ3) is 2.33. The molecule has 5 nitrogen and oxygen atoms in total. The summed E-state index contributed by atoms with van der Waals surface area (Å²) in [7, 11) is 1.78. The average molecular weight is 231 g/mol. The van der Waals surface area contributed by atoms with Gasteiger partial charge in [-0.25, -0.2) is 4.79 Å². The number of hydrogen-bond donors (Lipinski definition) is 0. The molecule has 0 spiro atoms. The molecule has 0 N–H and O–H groups in total. The van der Waals surface area contributed by atoms with Gasteiger partial charge in [0.25, 0.3) is 0 Å². The predicted octanol–water partition coefficient (Wildman–Crippen LogP) is 1.66. The average Bonchev–Trinajstić information content (AvgIpc) is 2.73. The molecule has 0 aliphatic carbocycles. The molecule has 0 saturated heterocycles. The van der Waals surface area contributed by atoms with Gasteiger partial charge in [0.2, 0.25) is 0 Å². The molecule has 5 heteroatoms. The van der Waals surface area contributed by atoms with Crippen LogP contribution in [0, 0.1) is 0 Å². The Balaban J connectivity index is 2.35. The van der Waals surface area contributed by atoms with Crippen LogP contribution in [0.1, 0.15) is 17.4 Å². The largest absolute Gasteiger partial charge is 0.461 e. The molecule has 17 heavy (non-hydrogen) atoms. The van der Waals surface area contributed by atoms with Crippen LogP contribution in [0.15, 0.2) is 30.6 Å². The fourth-order valence-electron chi connectivity index (χ4n) is 1.56. The summed E-state index contributed by atoms with van der Waals surface area (Å²) in [6.45, 7) is 2.11. The first kappa shape index (κ1) is 11.3. The van der Waals surface area contributed by atoms with E-state index in [1.165, 1.54) is 0 Å². The number of hydrogen-bond acceptors (Lipinski definition) is 4. The van der Waals surface area contributed by atoms with Gasteiger partial charge in [-0.1, -0.05) is 0 Å². The number of aryl methyl sites for hydroxylation is 1. The lowest BCUT2D eigenvalue weighted by molar-refractivity contribution is 0.0518. The van der Waals surface area contributed by atoms with E-state index in [9.17, 15) is 4.79 Å².